The first-order valence-electron chi connectivity index (χ1n) is 26.7. The number of nitrogens with zero attached hydrogens (tertiary/aromatic N) is 1. The Labute approximate surface area is 374 Å². The number of aliphatic hydroxyl groups excluding tert-OH is 1. The van der Waals surface area contributed by atoms with Gasteiger partial charge in [-0.05, 0) is 103 Å². The molecule has 0 amide bonds. The molecule has 2 atom stereocenters. The van der Waals surface area contributed by atoms with Gasteiger partial charge in [-0.1, -0.05) is 206 Å². The van der Waals surface area contributed by atoms with Crippen LogP contribution in [0.3, 0.4) is 0 Å². The van der Waals surface area contributed by atoms with Crippen LogP contribution >= 0.6 is 11.8 Å². The Kier molecular flexibility index (Phi) is 48.0. The normalized spacial score (nSPS) is 12.7. The standard InChI is InChI=1S/C53H105NO4S/c1-5-9-13-17-21-23-26-31-41-50(40-30-25-19-15-11-7-3)58-52(56)44-34-37-47-54(46-36-29-39-49-55)48-38-35-45-53(57)59-51(42-32-27-20-16-12-8-4)43-33-28-24-22-18-14-10-6-2/h50-51,55H,5-49H2,1-4H3. The zero-order valence-corrected chi connectivity index (χ0v) is 41.3. The van der Waals surface area contributed by atoms with Crippen LogP contribution in [0.2, 0.25) is 0 Å². The molecule has 0 aliphatic carbocycles. The van der Waals surface area contributed by atoms with Crippen LogP contribution in [0.15, 0.2) is 0 Å². The third-order valence-corrected chi connectivity index (χ3v) is 13.7. The van der Waals surface area contributed by atoms with E-state index in [0.29, 0.717) is 23.2 Å². The fourth-order valence-electron chi connectivity index (χ4n) is 8.50. The minimum absolute atomic E-state index is 0.00302. The zero-order chi connectivity index (χ0) is 43.1. The van der Waals surface area contributed by atoms with Crippen molar-refractivity contribution in [2.75, 3.05) is 26.2 Å². The highest BCUT2D eigenvalue weighted by Gasteiger charge is 2.17. The Morgan fingerprint density at radius 1 is 0.424 bits per heavy atom. The first-order chi connectivity index (χ1) is 29.0. The van der Waals surface area contributed by atoms with Crippen molar-refractivity contribution in [3.8, 4) is 0 Å². The fraction of sp³-hybridized carbons (Fsp3) is 0.962. The summed E-state index contributed by atoms with van der Waals surface area (Å²) in [4.78, 5) is 28.8. The Morgan fingerprint density at radius 3 is 1.17 bits per heavy atom. The number of unbranched alkanes of at least 4 members (excludes halogenated alkanes) is 28. The minimum Gasteiger partial charge on any atom is -0.462 e. The number of rotatable bonds is 49. The van der Waals surface area contributed by atoms with E-state index in [1.54, 1.807) is 11.8 Å². The average molecular weight is 852 g/mol. The van der Waals surface area contributed by atoms with Gasteiger partial charge in [-0.3, -0.25) is 9.59 Å². The highest BCUT2D eigenvalue weighted by atomic mass is 32.2. The smallest absolute Gasteiger partial charge is 0.306 e. The maximum Gasteiger partial charge on any atom is 0.306 e. The number of aliphatic hydroxyl groups is 1. The van der Waals surface area contributed by atoms with Crippen LogP contribution in [0.25, 0.3) is 0 Å². The van der Waals surface area contributed by atoms with Gasteiger partial charge in [0.25, 0.3) is 0 Å². The number of hydrogen-bond acceptors (Lipinski definition) is 6. The van der Waals surface area contributed by atoms with Crippen LogP contribution in [0.4, 0.5) is 0 Å². The summed E-state index contributed by atoms with van der Waals surface area (Å²) in [6.07, 6.45) is 49.5. The highest BCUT2D eigenvalue weighted by Crippen LogP contribution is 2.27. The van der Waals surface area contributed by atoms with Gasteiger partial charge in [-0.25, -0.2) is 0 Å². The quantitative estimate of drug-likeness (QED) is 0.0486. The number of ether oxygens (including phenoxy) is 1. The number of thioether (sulfide) groups is 1. The fourth-order valence-corrected chi connectivity index (χ4v) is 9.70. The molecule has 0 saturated heterocycles. The molecule has 352 valence electrons. The molecule has 0 aromatic carbocycles. The van der Waals surface area contributed by atoms with Crippen molar-refractivity contribution in [1.82, 2.24) is 4.90 Å². The van der Waals surface area contributed by atoms with E-state index in [1.807, 2.05) is 0 Å². The van der Waals surface area contributed by atoms with E-state index in [2.05, 4.69) is 32.6 Å². The molecule has 1 N–H and O–H groups in total. The first-order valence-corrected chi connectivity index (χ1v) is 27.6. The van der Waals surface area contributed by atoms with Crippen LogP contribution in [0, 0.1) is 0 Å². The molecule has 2 unspecified atom stereocenters. The minimum atomic E-state index is 0.00302. The molecule has 0 aromatic rings. The molecule has 0 aliphatic heterocycles. The predicted molar refractivity (Wildman–Crippen MR) is 262 cm³/mol. The second-order valence-electron chi connectivity index (χ2n) is 18.4. The molecule has 59 heavy (non-hydrogen) atoms. The number of hydrogen-bond donors (Lipinski definition) is 1. The van der Waals surface area contributed by atoms with Gasteiger partial charge in [-0.2, -0.15) is 0 Å². The van der Waals surface area contributed by atoms with Crippen molar-refractivity contribution >= 4 is 22.8 Å². The molecule has 0 saturated carbocycles. The largest absolute Gasteiger partial charge is 0.462 e. The van der Waals surface area contributed by atoms with Gasteiger partial charge < -0.3 is 14.7 Å². The Balaban J connectivity index is 4.77. The summed E-state index contributed by atoms with van der Waals surface area (Å²) < 4.78 is 6.15. The van der Waals surface area contributed by atoms with Crippen LogP contribution in [0.5, 0.6) is 0 Å². The lowest BCUT2D eigenvalue weighted by Crippen LogP contribution is -2.27. The lowest BCUT2D eigenvalue weighted by molar-refractivity contribution is -0.150. The van der Waals surface area contributed by atoms with Crippen molar-refractivity contribution in [2.24, 2.45) is 0 Å². The molecule has 0 aromatic heterocycles. The summed E-state index contributed by atoms with van der Waals surface area (Å²) >= 11 is 1.69. The van der Waals surface area contributed by atoms with E-state index in [4.69, 9.17) is 4.74 Å². The van der Waals surface area contributed by atoms with Gasteiger partial charge in [-0.15, -0.1) is 0 Å². The van der Waals surface area contributed by atoms with E-state index >= 15 is 0 Å². The van der Waals surface area contributed by atoms with E-state index < -0.39 is 0 Å². The Hall–Kier alpha value is -0.590. The number of carbonyl (C=O) groups excluding carboxylic acids is 2. The zero-order valence-electron chi connectivity index (χ0n) is 40.5. The van der Waals surface area contributed by atoms with E-state index in [0.717, 1.165) is 77.4 Å². The van der Waals surface area contributed by atoms with E-state index in [-0.39, 0.29) is 18.7 Å². The third-order valence-electron chi connectivity index (χ3n) is 12.5. The van der Waals surface area contributed by atoms with Gasteiger partial charge in [0.2, 0.25) is 0 Å². The molecule has 0 heterocycles. The summed E-state index contributed by atoms with van der Waals surface area (Å²) in [5.74, 6) is 0.00302. The first kappa shape index (κ1) is 58.4. The van der Waals surface area contributed by atoms with Crippen LogP contribution < -0.4 is 0 Å². The van der Waals surface area contributed by atoms with Crippen LogP contribution in [0.1, 0.15) is 291 Å². The Bertz CT molecular complexity index is 793. The molecule has 0 bridgehead atoms. The molecule has 0 spiro atoms. The third kappa shape index (κ3) is 43.8. The monoisotopic (exact) mass is 852 g/mol. The topological polar surface area (TPSA) is 66.8 Å². The van der Waals surface area contributed by atoms with Crippen LogP contribution in [-0.4, -0.2) is 58.7 Å². The lowest BCUT2D eigenvalue weighted by Gasteiger charge is -2.22. The van der Waals surface area contributed by atoms with Gasteiger partial charge in [0.15, 0.2) is 5.12 Å². The maximum absolute atomic E-state index is 13.2. The summed E-state index contributed by atoms with van der Waals surface area (Å²) in [5, 5.41) is 10.2. The summed E-state index contributed by atoms with van der Waals surface area (Å²) in [6, 6.07) is 0. The summed E-state index contributed by atoms with van der Waals surface area (Å²) in [5.41, 5.74) is 0. The summed E-state index contributed by atoms with van der Waals surface area (Å²) in [6.45, 7) is 12.4. The van der Waals surface area contributed by atoms with Gasteiger partial charge in [0.1, 0.15) is 6.10 Å². The van der Waals surface area contributed by atoms with Crippen molar-refractivity contribution in [2.45, 2.75) is 302 Å². The van der Waals surface area contributed by atoms with Gasteiger partial charge in [0.05, 0.1) is 0 Å². The lowest BCUT2D eigenvalue weighted by atomic mass is 10.0. The molecule has 5 nitrogen and oxygen atoms in total. The van der Waals surface area contributed by atoms with Crippen LogP contribution in [-0.2, 0) is 14.3 Å². The second-order valence-corrected chi connectivity index (χ2v) is 19.8. The van der Waals surface area contributed by atoms with Crippen molar-refractivity contribution in [3.05, 3.63) is 0 Å². The molecular formula is C53H105NO4S. The predicted octanol–water partition coefficient (Wildman–Crippen LogP) is 16.9. The maximum atomic E-state index is 13.2. The summed E-state index contributed by atoms with van der Waals surface area (Å²) in [7, 11) is 0. The van der Waals surface area contributed by atoms with Crippen molar-refractivity contribution in [3.63, 3.8) is 0 Å². The molecule has 0 radical (unpaired) electrons. The number of esters is 1. The van der Waals surface area contributed by atoms with Gasteiger partial charge in [0, 0.05) is 24.7 Å². The Morgan fingerprint density at radius 2 is 0.763 bits per heavy atom. The van der Waals surface area contributed by atoms with Crippen molar-refractivity contribution < 1.29 is 19.4 Å². The van der Waals surface area contributed by atoms with E-state index in [1.165, 1.54) is 193 Å². The van der Waals surface area contributed by atoms with E-state index in [9.17, 15) is 14.7 Å². The van der Waals surface area contributed by atoms with Crippen molar-refractivity contribution in [1.29, 1.82) is 0 Å². The average Bonchev–Trinajstić information content (AvgIpc) is 3.23. The highest BCUT2D eigenvalue weighted by molar-refractivity contribution is 8.14. The molecule has 0 aliphatic rings. The molecule has 6 heteroatoms. The SMILES string of the molecule is CCCCCCCCCCC(CCCCCCCC)OC(=O)CCCCN(CCCCCO)CCCCC(=O)SC(CCCCCCCC)CCCCCCCCCC. The molecule has 0 fully saturated rings. The second kappa shape index (κ2) is 48.4. The number of carbonyl (C=O) groups is 2. The molecular weight excluding hydrogens is 747 g/mol. The molecule has 0 rings (SSSR count). The van der Waals surface area contributed by atoms with Gasteiger partial charge >= 0.3 is 5.97 Å².